The number of rotatable bonds is 4. The highest BCUT2D eigenvalue weighted by atomic mass is 16.3. The number of hydrogen-bond donors (Lipinski definition) is 2. The molecular formula is C38H26N4O. The SMILES string of the molecule is C1=Cc2nc1cc1ccc([nH]1)c(-c1ccccc1)c1nc(c(/C=C/c3ccco3)c3ccc([nH]3)c2-c2ccccc2)C=C1. The standard InChI is InChI=1S/C38H26N4O/c1-3-8-25(9-4-1)37-33-17-13-27(39-33)24-28-14-18-34(40-28)38(26-10-5-2-6-11-26)36-22-20-32(42-36)30(31-19-21-35(37)41-31)16-15-29-12-7-23-43-29/h1-24,39,42H/b16-15+,27-24?,28-24?,31-30?,32-30?,37-33?,37-35?,38-34?,38-36?. The summed E-state index contributed by atoms with van der Waals surface area (Å²) in [6.45, 7) is 0. The van der Waals surface area contributed by atoms with Gasteiger partial charge >= 0.3 is 0 Å². The molecule has 204 valence electrons. The molecule has 2 aliphatic rings. The second-order valence-electron chi connectivity index (χ2n) is 10.5. The molecule has 5 heteroatoms. The molecule has 0 atom stereocenters. The smallest absolute Gasteiger partial charge is 0.126 e. The molecule has 43 heavy (non-hydrogen) atoms. The van der Waals surface area contributed by atoms with Gasteiger partial charge in [-0.15, -0.1) is 0 Å². The molecule has 0 saturated carbocycles. The number of furan rings is 1. The minimum atomic E-state index is 0.773. The summed E-state index contributed by atoms with van der Waals surface area (Å²) in [5.41, 5.74) is 12.7. The maximum atomic E-state index is 5.62. The Morgan fingerprint density at radius 2 is 1.19 bits per heavy atom. The second-order valence-corrected chi connectivity index (χ2v) is 10.5. The Morgan fingerprint density at radius 1 is 0.535 bits per heavy atom. The molecule has 0 unspecified atom stereocenters. The predicted molar refractivity (Wildman–Crippen MR) is 177 cm³/mol. The normalized spacial score (nSPS) is 12.4. The number of H-pyrrole nitrogens is 2. The zero-order valence-electron chi connectivity index (χ0n) is 23.2. The fourth-order valence-electron chi connectivity index (χ4n) is 5.71. The lowest BCUT2D eigenvalue weighted by atomic mass is 10.0. The van der Waals surface area contributed by atoms with E-state index < -0.39 is 0 Å². The summed E-state index contributed by atoms with van der Waals surface area (Å²) in [6, 6.07) is 35.1. The van der Waals surface area contributed by atoms with Crippen molar-refractivity contribution in [2.45, 2.75) is 0 Å². The largest absolute Gasteiger partial charge is 0.465 e. The molecule has 2 aliphatic heterocycles. The minimum absolute atomic E-state index is 0.773. The monoisotopic (exact) mass is 554 g/mol. The van der Waals surface area contributed by atoms with E-state index in [1.165, 1.54) is 0 Å². The number of benzene rings is 2. The van der Waals surface area contributed by atoms with Gasteiger partial charge in [0, 0.05) is 38.8 Å². The van der Waals surface area contributed by atoms with E-state index in [-0.39, 0.29) is 0 Å². The predicted octanol–water partition coefficient (Wildman–Crippen LogP) is 9.75. The van der Waals surface area contributed by atoms with E-state index in [4.69, 9.17) is 14.4 Å². The molecule has 5 nitrogen and oxygen atoms in total. The van der Waals surface area contributed by atoms with Crippen molar-refractivity contribution in [2.24, 2.45) is 0 Å². The Bertz CT molecular complexity index is 2180. The van der Waals surface area contributed by atoms with Crippen LogP contribution in [0, 0.1) is 0 Å². The van der Waals surface area contributed by atoms with Crippen LogP contribution in [0.2, 0.25) is 0 Å². The third kappa shape index (κ3) is 4.73. The molecule has 0 spiro atoms. The summed E-state index contributed by atoms with van der Waals surface area (Å²) >= 11 is 0. The summed E-state index contributed by atoms with van der Waals surface area (Å²) in [4.78, 5) is 17.6. The molecule has 0 amide bonds. The number of nitrogens with zero attached hydrogens (tertiary/aromatic N) is 2. The summed E-state index contributed by atoms with van der Waals surface area (Å²) in [6.07, 6.45) is 14.1. The van der Waals surface area contributed by atoms with Gasteiger partial charge in [-0.1, -0.05) is 60.7 Å². The van der Waals surface area contributed by atoms with E-state index in [2.05, 4.69) is 119 Å². The van der Waals surface area contributed by atoms with Crippen molar-refractivity contribution < 1.29 is 4.42 Å². The van der Waals surface area contributed by atoms with Crippen molar-refractivity contribution >= 4 is 58.5 Å². The zero-order valence-corrected chi connectivity index (χ0v) is 23.2. The first-order chi connectivity index (χ1) is 21.3. The molecule has 6 aromatic rings. The number of hydrogen-bond acceptors (Lipinski definition) is 3. The lowest BCUT2D eigenvalue weighted by Crippen LogP contribution is -1.87. The van der Waals surface area contributed by atoms with Gasteiger partial charge in [0.1, 0.15) is 5.76 Å². The second kappa shape index (κ2) is 10.5. The molecule has 8 bridgehead atoms. The van der Waals surface area contributed by atoms with Gasteiger partial charge < -0.3 is 14.4 Å². The summed E-state index contributed by atoms with van der Waals surface area (Å²) in [5, 5.41) is 0. The van der Waals surface area contributed by atoms with E-state index in [0.29, 0.717) is 0 Å². The summed E-state index contributed by atoms with van der Waals surface area (Å²) < 4.78 is 5.62. The van der Waals surface area contributed by atoms with Crippen LogP contribution in [0.1, 0.15) is 34.1 Å². The summed E-state index contributed by atoms with van der Waals surface area (Å²) in [5.74, 6) is 0.773. The molecule has 0 fully saturated rings. The Kier molecular flexibility index (Phi) is 6.05. The van der Waals surface area contributed by atoms with Gasteiger partial charge in [-0.2, -0.15) is 0 Å². The summed E-state index contributed by atoms with van der Waals surface area (Å²) in [7, 11) is 0. The maximum Gasteiger partial charge on any atom is 0.126 e. The van der Waals surface area contributed by atoms with Crippen molar-refractivity contribution in [3.05, 3.63) is 143 Å². The van der Waals surface area contributed by atoms with Crippen LogP contribution in [0.25, 0.3) is 80.8 Å². The first kappa shape index (κ1) is 24.8. The maximum absolute atomic E-state index is 5.62. The van der Waals surface area contributed by atoms with Crippen LogP contribution >= 0.6 is 0 Å². The molecule has 0 saturated heterocycles. The topological polar surface area (TPSA) is 70.5 Å². The van der Waals surface area contributed by atoms with Gasteiger partial charge in [0.15, 0.2) is 0 Å². The number of aromatic amines is 2. The lowest BCUT2D eigenvalue weighted by Gasteiger charge is -2.04. The molecule has 4 aromatic heterocycles. The van der Waals surface area contributed by atoms with E-state index >= 15 is 0 Å². The highest BCUT2D eigenvalue weighted by molar-refractivity contribution is 5.95. The van der Waals surface area contributed by atoms with Crippen molar-refractivity contribution in [1.29, 1.82) is 0 Å². The minimum Gasteiger partial charge on any atom is -0.465 e. The molecule has 0 aliphatic carbocycles. The zero-order chi connectivity index (χ0) is 28.6. The fourth-order valence-corrected chi connectivity index (χ4v) is 5.71. The highest BCUT2D eigenvalue weighted by Gasteiger charge is 2.15. The van der Waals surface area contributed by atoms with Crippen LogP contribution in [0.5, 0.6) is 0 Å². The van der Waals surface area contributed by atoms with Crippen LogP contribution in [-0.2, 0) is 0 Å². The van der Waals surface area contributed by atoms with E-state index in [0.717, 1.165) is 78.4 Å². The van der Waals surface area contributed by atoms with Gasteiger partial charge in [-0.3, -0.25) is 0 Å². The van der Waals surface area contributed by atoms with Crippen molar-refractivity contribution in [3.63, 3.8) is 0 Å². The fraction of sp³-hybridized carbons (Fsp3) is 0. The van der Waals surface area contributed by atoms with E-state index in [1.807, 2.05) is 30.3 Å². The third-order valence-corrected chi connectivity index (χ3v) is 7.70. The number of fused-ring (bicyclic) bond motifs is 8. The third-order valence-electron chi connectivity index (χ3n) is 7.70. The van der Waals surface area contributed by atoms with Crippen LogP contribution in [0.4, 0.5) is 0 Å². The number of aromatic nitrogens is 4. The first-order valence-corrected chi connectivity index (χ1v) is 14.2. The molecule has 2 N–H and O–H groups in total. The van der Waals surface area contributed by atoms with Gasteiger partial charge in [-0.05, 0) is 90.0 Å². The Balaban J connectivity index is 1.50. The Labute approximate surface area is 248 Å². The lowest BCUT2D eigenvalue weighted by molar-refractivity contribution is 0.557. The van der Waals surface area contributed by atoms with Gasteiger partial charge in [0.25, 0.3) is 0 Å². The van der Waals surface area contributed by atoms with Crippen molar-refractivity contribution in [3.8, 4) is 22.3 Å². The number of nitrogens with one attached hydrogen (secondary N) is 2. The Hall–Kier alpha value is -5.94. The molecular weight excluding hydrogens is 528 g/mol. The molecule has 2 aromatic carbocycles. The van der Waals surface area contributed by atoms with E-state index in [1.54, 1.807) is 6.26 Å². The molecule has 0 radical (unpaired) electrons. The molecule has 8 rings (SSSR count). The van der Waals surface area contributed by atoms with Crippen LogP contribution < -0.4 is 0 Å². The van der Waals surface area contributed by atoms with Gasteiger partial charge in [0.2, 0.25) is 0 Å². The average molecular weight is 555 g/mol. The van der Waals surface area contributed by atoms with Crippen molar-refractivity contribution in [2.75, 3.05) is 0 Å². The van der Waals surface area contributed by atoms with Crippen LogP contribution in [0.3, 0.4) is 0 Å². The Morgan fingerprint density at radius 3 is 1.93 bits per heavy atom. The quantitative estimate of drug-likeness (QED) is 0.227. The first-order valence-electron chi connectivity index (χ1n) is 14.2. The van der Waals surface area contributed by atoms with Crippen LogP contribution in [-0.4, -0.2) is 19.9 Å². The van der Waals surface area contributed by atoms with Crippen LogP contribution in [0.15, 0.2) is 114 Å². The van der Waals surface area contributed by atoms with Crippen molar-refractivity contribution in [1.82, 2.24) is 19.9 Å². The molecule has 6 heterocycles. The van der Waals surface area contributed by atoms with Gasteiger partial charge in [0.05, 0.1) is 29.0 Å². The average Bonchev–Trinajstić information content (AvgIpc) is 3.88. The highest BCUT2D eigenvalue weighted by Crippen LogP contribution is 2.33. The van der Waals surface area contributed by atoms with Gasteiger partial charge in [-0.25, -0.2) is 9.97 Å². The van der Waals surface area contributed by atoms with E-state index in [9.17, 15) is 0 Å².